The van der Waals surface area contributed by atoms with Crippen molar-refractivity contribution in [1.82, 2.24) is 5.32 Å². The highest BCUT2D eigenvalue weighted by molar-refractivity contribution is 5.95. The van der Waals surface area contributed by atoms with E-state index in [1.165, 1.54) is 12.8 Å². The highest BCUT2D eigenvalue weighted by Gasteiger charge is 2.51. The van der Waals surface area contributed by atoms with Crippen LogP contribution in [0.4, 0.5) is 17.1 Å². The predicted octanol–water partition coefficient (Wildman–Crippen LogP) is 5.18. The van der Waals surface area contributed by atoms with Gasteiger partial charge in [-0.05, 0) is 92.0 Å². The molecule has 5 nitrogen and oxygen atoms in total. The van der Waals surface area contributed by atoms with Gasteiger partial charge < -0.3 is 10.6 Å². The second-order valence-electron chi connectivity index (χ2n) is 8.79. The maximum atomic E-state index is 12.9. The fourth-order valence-electron chi connectivity index (χ4n) is 5.35. The molecule has 0 aliphatic heterocycles. The Morgan fingerprint density at radius 3 is 1.93 bits per heavy atom. The van der Waals surface area contributed by atoms with Crippen LogP contribution in [0.15, 0.2) is 48.5 Å². The fourth-order valence-corrected chi connectivity index (χ4v) is 5.35. The number of carbonyl (C=O) groups excluding carboxylic acids is 1. The number of carbonyl (C=O) groups is 1. The molecule has 0 heterocycles. The molecule has 2 saturated carbocycles. The van der Waals surface area contributed by atoms with Crippen LogP contribution in [-0.4, -0.2) is 16.7 Å². The monoisotopic (exact) mass is 379 g/mol. The van der Waals surface area contributed by atoms with Gasteiger partial charge in [0, 0.05) is 22.5 Å². The zero-order chi connectivity index (χ0) is 19.7. The molecule has 4 rings (SSSR count). The van der Waals surface area contributed by atoms with Gasteiger partial charge in [-0.25, -0.2) is 0 Å². The van der Waals surface area contributed by atoms with E-state index in [2.05, 4.69) is 30.0 Å². The molecule has 0 spiro atoms. The van der Waals surface area contributed by atoms with E-state index in [0.717, 1.165) is 24.2 Å². The Labute approximate surface area is 166 Å². The van der Waals surface area contributed by atoms with Crippen molar-refractivity contribution in [3.05, 3.63) is 54.1 Å². The maximum absolute atomic E-state index is 12.9. The van der Waals surface area contributed by atoms with Crippen molar-refractivity contribution < 1.29 is 10.0 Å². The molecule has 2 aliphatic carbocycles. The van der Waals surface area contributed by atoms with Crippen molar-refractivity contribution in [2.24, 2.45) is 17.8 Å². The molecule has 28 heavy (non-hydrogen) atoms. The van der Waals surface area contributed by atoms with Gasteiger partial charge in [-0.15, -0.1) is 0 Å². The van der Waals surface area contributed by atoms with Crippen molar-refractivity contribution >= 4 is 23.0 Å². The Hall–Kier alpha value is -2.53. The number of anilines is 3. The molecule has 2 aromatic rings. The summed E-state index contributed by atoms with van der Waals surface area (Å²) >= 11 is 0. The quantitative estimate of drug-likeness (QED) is 0.540. The van der Waals surface area contributed by atoms with Crippen LogP contribution in [0.3, 0.4) is 0 Å². The summed E-state index contributed by atoms with van der Waals surface area (Å²) in [5, 5.41) is 15.6. The number of benzene rings is 2. The van der Waals surface area contributed by atoms with Crippen LogP contribution in [0.1, 0.15) is 49.9 Å². The molecule has 5 heteroatoms. The predicted molar refractivity (Wildman–Crippen MR) is 112 cm³/mol. The first kappa shape index (κ1) is 18.8. The van der Waals surface area contributed by atoms with Crippen molar-refractivity contribution in [2.45, 2.75) is 45.1 Å². The van der Waals surface area contributed by atoms with Crippen LogP contribution < -0.4 is 16.1 Å². The Balaban J connectivity index is 1.42. The summed E-state index contributed by atoms with van der Waals surface area (Å²) in [5.74, 6) is 2.05. The van der Waals surface area contributed by atoms with Gasteiger partial charge >= 0.3 is 0 Å². The molecule has 4 N–H and O–H groups in total. The van der Waals surface area contributed by atoms with Gasteiger partial charge in [0.2, 0.25) is 0 Å². The lowest BCUT2D eigenvalue weighted by Gasteiger charge is -2.31. The van der Waals surface area contributed by atoms with E-state index in [1.807, 2.05) is 36.4 Å². The van der Waals surface area contributed by atoms with Gasteiger partial charge in [-0.2, -0.15) is 0 Å². The SMILES string of the molecule is CC1CC2CC(C)CC2(NC(=O)c2ccc(Nc3ccc(NO)cc3)cc2)C1. The number of nitrogens with one attached hydrogen (secondary N) is 3. The third kappa shape index (κ3) is 3.72. The van der Waals surface area contributed by atoms with E-state index in [9.17, 15) is 4.79 Å². The normalized spacial score (nSPS) is 28.6. The van der Waals surface area contributed by atoms with Gasteiger partial charge in [-0.3, -0.25) is 15.5 Å². The molecule has 2 aliphatic rings. The highest BCUT2D eigenvalue weighted by atomic mass is 16.5. The average molecular weight is 380 g/mol. The molecular formula is C23H29N3O2. The minimum Gasteiger partial charge on any atom is -0.356 e. The van der Waals surface area contributed by atoms with Gasteiger partial charge in [0.15, 0.2) is 0 Å². The number of hydrogen-bond acceptors (Lipinski definition) is 4. The molecule has 2 atom stereocenters. The topological polar surface area (TPSA) is 73.4 Å². The molecular weight excluding hydrogens is 350 g/mol. The van der Waals surface area contributed by atoms with Crippen molar-refractivity contribution in [1.29, 1.82) is 0 Å². The van der Waals surface area contributed by atoms with Crippen LogP contribution in [-0.2, 0) is 0 Å². The van der Waals surface area contributed by atoms with Crippen LogP contribution in [0, 0.1) is 17.8 Å². The number of rotatable bonds is 5. The lowest BCUT2D eigenvalue weighted by atomic mass is 9.89. The first-order chi connectivity index (χ1) is 13.5. The Morgan fingerprint density at radius 2 is 1.39 bits per heavy atom. The van der Waals surface area contributed by atoms with E-state index >= 15 is 0 Å². The van der Waals surface area contributed by atoms with Gasteiger partial charge in [0.1, 0.15) is 0 Å². The molecule has 0 saturated heterocycles. The van der Waals surface area contributed by atoms with E-state index in [4.69, 9.17) is 5.21 Å². The Kier molecular flexibility index (Phi) is 5.02. The third-order valence-corrected chi connectivity index (χ3v) is 6.39. The Morgan fingerprint density at radius 1 is 0.893 bits per heavy atom. The van der Waals surface area contributed by atoms with Crippen molar-refractivity contribution in [3.63, 3.8) is 0 Å². The number of fused-ring (bicyclic) bond motifs is 1. The van der Waals surface area contributed by atoms with Crippen LogP contribution >= 0.6 is 0 Å². The van der Waals surface area contributed by atoms with Gasteiger partial charge in [0.05, 0.1) is 5.69 Å². The molecule has 2 fully saturated rings. The Bertz CT molecular complexity index is 818. The minimum absolute atomic E-state index is 0.00464. The maximum Gasteiger partial charge on any atom is 0.251 e. The van der Waals surface area contributed by atoms with Crippen LogP contribution in [0.25, 0.3) is 0 Å². The third-order valence-electron chi connectivity index (χ3n) is 6.39. The molecule has 0 radical (unpaired) electrons. The molecule has 148 valence electrons. The summed E-state index contributed by atoms with van der Waals surface area (Å²) in [6.45, 7) is 4.61. The first-order valence-electron chi connectivity index (χ1n) is 10.2. The summed E-state index contributed by atoms with van der Waals surface area (Å²) in [5.41, 5.74) is 5.29. The molecule has 0 bridgehead atoms. The van der Waals surface area contributed by atoms with Crippen LogP contribution in [0.2, 0.25) is 0 Å². The van der Waals surface area contributed by atoms with Crippen molar-refractivity contribution in [3.8, 4) is 0 Å². The smallest absolute Gasteiger partial charge is 0.251 e. The summed E-state index contributed by atoms with van der Waals surface area (Å²) in [7, 11) is 0. The zero-order valence-corrected chi connectivity index (χ0v) is 16.5. The average Bonchev–Trinajstić information content (AvgIpc) is 3.12. The molecule has 2 aromatic carbocycles. The zero-order valence-electron chi connectivity index (χ0n) is 16.5. The number of hydrogen-bond donors (Lipinski definition) is 4. The summed E-state index contributed by atoms with van der Waals surface area (Å²) in [6, 6.07) is 14.9. The summed E-state index contributed by atoms with van der Waals surface area (Å²) < 4.78 is 0. The van der Waals surface area contributed by atoms with Gasteiger partial charge in [-0.1, -0.05) is 13.8 Å². The van der Waals surface area contributed by atoms with E-state index in [0.29, 0.717) is 29.0 Å². The van der Waals surface area contributed by atoms with E-state index in [-0.39, 0.29) is 11.4 Å². The second-order valence-corrected chi connectivity index (χ2v) is 8.79. The van der Waals surface area contributed by atoms with Gasteiger partial charge in [0.25, 0.3) is 5.91 Å². The fraction of sp³-hybridized carbons (Fsp3) is 0.435. The molecule has 0 aromatic heterocycles. The minimum atomic E-state index is -0.00464. The lowest BCUT2D eigenvalue weighted by molar-refractivity contribution is 0.0882. The van der Waals surface area contributed by atoms with Crippen LogP contribution in [0.5, 0.6) is 0 Å². The summed E-state index contributed by atoms with van der Waals surface area (Å²) in [6.07, 6.45) is 4.67. The standard InChI is InChI=1S/C23H29N3O2/c1-15-11-18-12-16(2)14-23(18,13-15)25-22(27)17-3-5-19(6-4-17)24-20-7-9-21(26-28)10-8-20/h3-10,15-16,18,24,26,28H,11-14H2,1-2H3,(H,25,27). The van der Waals surface area contributed by atoms with E-state index in [1.54, 1.807) is 12.1 Å². The molecule has 2 unspecified atom stereocenters. The first-order valence-corrected chi connectivity index (χ1v) is 10.2. The van der Waals surface area contributed by atoms with E-state index < -0.39 is 0 Å². The lowest BCUT2D eigenvalue weighted by Crippen LogP contribution is -2.48. The number of amides is 1. The highest BCUT2D eigenvalue weighted by Crippen LogP contribution is 2.52. The molecule has 1 amide bonds. The summed E-state index contributed by atoms with van der Waals surface area (Å²) in [4.78, 5) is 12.9. The second kappa shape index (κ2) is 7.47. The largest absolute Gasteiger partial charge is 0.356 e. The van der Waals surface area contributed by atoms with Crippen molar-refractivity contribution in [2.75, 3.05) is 10.8 Å².